The molecule has 2 N–H and O–H groups in total. The molecule has 2 atom stereocenters. The second-order valence-corrected chi connectivity index (χ2v) is 17.9. The fraction of sp³-hybridized carbons (Fsp3) is 0.308. The van der Waals surface area contributed by atoms with Gasteiger partial charge in [-0.15, -0.1) is 20.4 Å². The van der Waals surface area contributed by atoms with Crippen LogP contribution in [0.3, 0.4) is 0 Å². The van der Waals surface area contributed by atoms with Crippen molar-refractivity contribution >= 4 is 11.9 Å². The molecule has 0 radical (unpaired) electrons. The minimum Gasteiger partial charge on any atom is -0.477 e. The molecule has 0 unspecified atom stereocenters. The van der Waals surface area contributed by atoms with Gasteiger partial charge >= 0.3 is 5.97 Å². The van der Waals surface area contributed by atoms with Crippen molar-refractivity contribution < 1.29 is 23.5 Å². The van der Waals surface area contributed by atoms with E-state index < -0.39 is 5.97 Å². The van der Waals surface area contributed by atoms with Crippen LogP contribution in [0.2, 0.25) is 0 Å². The molecule has 15 nitrogen and oxygen atoms in total. The van der Waals surface area contributed by atoms with Crippen LogP contribution in [0, 0.1) is 11.6 Å². The van der Waals surface area contributed by atoms with Crippen LogP contribution in [0.25, 0.3) is 22.3 Å². The van der Waals surface area contributed by atoms with E-state index in [4.69, 9.17) is 0 Å². The van der Waals surface area contributed by atoms with Gasteiger partial charge in [-0.1, -0.05) is 72.8 Å². The maximum absolute atomic E-state index is 13.5. The lowest BCUT2D eigenvalue weighted by molar-refractivity contribution is 0.0679. The minimum absolute atomic E-state index is 0.0640. The highest BCUT2D eigenvalue weighted by Gasteiger charge is 2.34. The first-order chi connectivity index (χ1) is 33.6. The summed E-state index contributed by atoms with van der Waals surface area (Å²) in [5, 5.41) is 29.7. The Morgan fingerprint density at radius 3 is 1.65 bits per heavy atom. The Labute approximate surface area is 397 Å². The summed E-state index contributed by atoms with van der Waals surface area (Å²) in [7, 11) is 0. The SMILES string of the molecule is C1Cn2c(nnc2C2CC2)CN1.C[C@@H](c1ccccc1-c1ccc(F)cc1)n1cncc1C(=O)N1CCn2c(nnc2C2CC2)C1.C[C@@H](c1ccccc1-c1ccc(F)cc1)n1cncc1C(=O)O. The second-order valence-electron chi connectivity index (χ2n) is 17.9. The topological polar surface area (TPSA) is 167 Å². The Bertz CT molecular complexity index is 3090. The predicted octanol–water partition coefficient (Wildman–Crippen LogP) is 8.68. The van der Waals surface area contributed by atoms with Crippen molar-refractivity contribution in [2.24, 2.45) is 0 Å². The quantitative estimate of drug-likeness (QED) is 0.136. The number of nitrogens with one attached hydrogen (secondary N) is 1. The van der Waals surface area contributed by atoms with Crippen molar-refractivity contribution in [3.05, 3.63) is 180 Å². The molecule has 2 aliphatic carbocycles. The second kappa shape index (κ2) is 19.5. The molecule has 352 valence electrons. The van der Waals surface area contributed by atoms with E-state index in [-0.39, 0.29) is 35.3 Å². The van der Waals surface area contributed by atoms with E-state index in [1.165, 1.54) is 68.3 Å². The Morgan fingerprint density at radius 2 is 1.12 bits per heavy atom. The number of aromatic carboxylic acids is 1. The highest BCUT2D eigenvalue weighted by molar-refractivity contribution is 5.92. The lowest BCUT2D eigenvalue weighted by Gasteiger charge is -2.29. The number of fused-ring (bicyclic) bond motifs is 2. The molecule has 2 fully saturated rings. The summed E-state index contributed by atoms with van der Waals surface area (Å²) < 4.78 is 34.6. The number of carboxylic acid groups (broad SMARTS) is 1. The largest absolute Gasteiger partial charge is 0.477 e. The number of aromatic nitrogens is 10. The van der Waals surface area contributed by atoms with E-state index in [0.717, 1.165) is 83.0 Å². The molecule has 4 aromatic heterocycles. The molecule has 17 heteroatoms. The summed E-state index contributed by atoms with van der Waals surface area (Å²) in [6.07, 6.45) is 11.2. The normalized spacial score (nSPS) is 16.0. The Kier molecular flexibility index (Phi) is 12.8. The molecular formula is C52H52F2N12O3. The van der Waals surface area contributed by atoms with E-state index in [1.54, 1.807) is 41.4 Å². The number of nitrogens with zero attached hydrogens (tertiary/aromatic N) is 11. The van der Waals surface area contributed by atoms with Gasteiger partial charge < -0.3 is 33.6 Å². The van der Waals surface area contributed by atoms with Gasteiger partial charge in [0, 0.05) is 38.0 Å². The first-order valence-electron chi connectivity index (χ1n) is 23.4. The fourth-order valence-electron chi connectivity index (χ4n) is 9.28. The average molecular weight is 931 g/mol. The summed E-state index contributed by atoms with van der Waals surface area (Å²) in [5.74, 6) is 3.88. The van der Waals surface area contributed by atoms with E-state index in [9.17, 15) is 23.5 Å². The number of rotatable bonds is 10. The third-order valence-corrected chi connectivity index (χ3v) is 13.3. The highest BCUT2D eigenvalue weighted by atomic mass is 19.1. The standard InChI is InChI=1S/C26H25FN6O.C18H15FN2O2.C8H12N4/c1-17(21-4-2-3-5-22(21)18-8-10-20(27)11-9-18)33-16-28-14-23(33)26(34)31-12-13-32-24(15-31)29-30-25(32)19-6-7-19;1-12(21-11-20-10-17(21)18(22)23)15-4-2-3-5-16(15)13-6-8-14(19)9-7-13;1-2-6(1)8-11-10-7-5-9-3-4-12(7)8/h2-5,8-11,14,16-17,19H,6-7,12-13,15H2,1H3;2-12H,1H3,(H,22,23);6,9H,1-5H2/t17-;12-;/m00./s1. The predicted molar refractivity (Wildman–Crippen MR) is 253 cm³/mol. The number of carbonyl (C=O) groups is 2. The molecular weight excluding hydrogens is 879 g/mol. The van der Waals surface area contributed by atoms with Crippen molar-refractivity contribution in [2.45, 2.75) is 89.6 Å². The van der Waals surface area contributed by atoms with E-state index in [1.807, 2.05) is 64.9 Å². The number of carbonyl (C=O) groups excluding carboxylic acids is 1. The number of carboxylic acids is 1. The Balaban J connectivity index is 0.000000135. The Morgan fingerprint density at radius 1 is 0.623 bits per heavy atom. The summed E-state index contributed by atoms with van der Waals surface area (Å²) in [4.78, 5) is 34.9. The van der Waals surface area contributed by atoms with Gasteiger partial charge in [0.05, 0.1) is 50.2 Å². The number of halogens is 2. The summed E-state index contributed by atoms with van der Waals surface area (Å²) in [6, 6.07) is 28.1. The maximum Gasteiger partial charge on any atom is 0.354 e. The molecule has 1 amide bonds. The molecule has 6 heterocycles. The average Bonchev–Trinajstić information content (AvgIpc) is 4.16. The molecule has 4 aliphatic rings. The van der Waals surface area contributed by atoms with Gasteiger partial charge in [0.1, 0.15) is 40.5 Å². The smallest absolute Gasteiger partial charge is 0.354 e. The monoisotopic (exact) mass is 930 g/mol. The maximum atomic E-state index is 13.5. The molecule has 0 bridgehead atoms. The zero-order valence-corrected chi connectivity index (χ0v) is 38.4. The van der Waals surface area contributed by atoms with Gasteiger partial charge in [0.2, 0.25) is 0 Å². The third-order valence-electron chi connectivity index (χ3n) is 13.3. The van der Waals surface area contributed by atoms with Gasteiger partial charge in [0.15, 0.2) is 5.82 Å². The molecule has 2 aliphatic heterocycles. The molecule has 0 saturated heterocycles. The van der Waals surface area contributed by atoms with Crippen LogP contribution in [0.15, 0.2) is 122 Å². The van der Waals surface area contributed by atoms with Crippen LogP contribution in [0.4, 0.5) is 8.78 Å². The van der Waals surface area contributed by atoms with Crippen LogP contribution >= 0.6 is 0 Å². The first kappa shape index (κ1) is 45.1. The van der Waals surface area contributed by atoms with Gasteiger partial charge in [-0.05, 0) is 97.2 Å². The number of hydrogen-bond acceptors (Lipinski definition) is 9. The highest BCUT2D eigenvalue weighted by Crippen LogP contribution is 2.41. The summed E-state index contributed by atoms with van der Waals surface area (Å²) in [6.45, 7) is 8.75. The van der Waals surface area contributed by atoms with Crippen molar-refractivity contribution in [2.75, 3.05) is 13.1 Å². The lowest BCUT2D eigenvalue weighted by atomic mass is 9.95. The van der Waals surface area contributed by atoms with Crippen molar-refractivity contribution in [1.29, 1.82) is 0 Å². The number of hydrogen-bond donors (Lipinski definition) is 2. The van der Waals surface area contributed by atoms with Crippen LogP contribution in [0.5, 0.6) is 0 Å². The van der Waals surface area contributed by atoms with Crippen LogP contribution < -0.4 is 5.32 Å². The molecule has 8 aromatic rings. The van der Waals surface area contributed by atoms with Gasteiger partial charge in [-0.25, -0.2) is 23.5 Å². The zero-order valence-electron chi connectivity index (χ0n) is 38.4. The van der Waals surface area contributed by atoms with Gasteiger partial charge in [0.25, 0.3) is 5.91 Å². The number of benzene rings is 4. The van der Waals surface area contributed by atoms with Crippen molar-refractivity contribution in [3.63, 3.8) is 0 Å². The fourth-order valence-corrected chi connectivity index (χ4v) is 9.28. The molecule has 69 heavy (non-hydrogen) atoms. The molecule has 12 rings (SSSR count). The van der Waals surface area contributed by atoms with E-state index in [0.29, 0.717) is 24.7 Å². The van der Waals surface area contributed by atoms with Crippen LogP contribution in [-0.4, -0.2) is 83.6 Å². The molecule has 4 aromatic carbocycles. The van der Waals surface area contributed by atoms with Gasteiger partial charge in [-0.2, -0.15) is 0 Å². The first-order valence-corrected chi connectivity index (χ1v) is 23.4. The third kappa shape index (κ3) is 9.59. The molecule has 2 saturated carbocycles. The van der Waals surface area contributed by atoms with Crippen molar-refractivity contribution in [3.8, 4) is 22.3 Å². The van der Waals surface area contributed by atoms with E-state index in [2.05, 4.69) is 51.7 Å². The van der Waals surface area contributed by atoms with E-state index >= 15 is 0 Å². The Hall–Kier alpha value is -7.66. The summed E-state index contributed by atoms with van der Waals surface area (Å²) in [5.41, 5.74) is 6.40. The number of amides is 1. The zero-order chi connectivity index (χ0) is 47.6. The van der Waals surface area contributed by atoms with Crippen LogP contribution in [-0.2, 0) is 26.2 Å². The van der Waals surface area contributed by atoms with Crippen molar-refractivity contribution in [1.82, 2.24) is 58.8 Å². The summed E-state index contributed by atoms with van der Waals surface area (Å²) >= 11 is 0. The molecule has 0 spiro atoms. The van der Waals surface area contributed by atoms with Gasteiger partial charge in [-0.3, -0.25) is 4.79 Å². The lowest BCUT2D eigenvalue weighted by Crippen LogP contribution is -2.39. The number of imidazole rings is 2. The minimum atomic E-state index is -1.02. The van der Waals surface area contributed by atoms with Crippen LogP contribution in [0.1, 0.15) is 119 Å².